The highest BCUT2D eigenvalue weighted by atomic mass is 79.9. The normalized spacial score (nSPS) is 13.2. The number of hydrogen-bond donors (Lipinski definition) is 0. The van der Waals surface area contributed by atoms with Gasteiger partial charge in [0.25, 0.3) is 0 Å². The summed E-state index contributed by atoms with van der Waals surface area (Å²) in [6, 6.07) is 58.0. The zero-order valence-corrected chi connectivity index (χ0v) is 27.9. The minimum Gasteiger partial charge on any atom is -0.309 e. The number of benzene rings is 7. The van der Waals surface area contributed by atoms with Crippen LogP contribution in [0.3, 0.4) is 0 Å². The summed E-state index contributed by atoms with van der Waals surface area (Å²) in [5.74, 6) is 0. The van der Waals surface area contributed by atoms with E-state index >= 15 is 0 Å². The largest absolute Gasteiger partial charge is 0.309 e. The lowest BCUT2D eigenvalue weighted by molar-refractivity contribution is 0.660. The van der Waals surface area contributed by atoms with Crippen LogP contribution in [-0.4, -0.2) is 4.57 Å². The van der Waals surface area contributed by atoms with Crippen molar-refractivity contribution in [2.45, 2.75) is 19.3 Å². The zero-order valence-electron chi connectivity index (χ0n) is 26.3. The van der Waals surface area contributed by atoms with Gasteiger partial charge in [0, 0.05) is 26.3 Å². The van der Waals surface area contributed by atoms with Gasteiger partial charge in [0.05, 0.1) is 11.0 Å². The van der Waals surface area contributed by atoms with Crippen LogP contribution >= 0.6 is 15.9 Å². The fourth-order valence-electron chi connectivity index (χ4n) is 7.65. The SMILES string of the molecule is CC1(C)c2ccccc2-c2cc(-n3c4cc(-c5ccccc5)ccc4c4ccc(-c5cccc(-c6ccc(Br)cc6)c5)cc43)ccc21. The van der Waals surface area contributed by atoms with Crippen molar-refractivity contribution >= 4 is 37.7 Å². The number of rotatable bonds is 4. The molecule has 0 atom stereocenters. The summed E-state index contributed by atoms with van der Waals surface area (Å²) in [6.45, 7) is 4.69. The fourth-order valence-corrected chi connectivity index (χ4v) is 7.92. The molecule has 1 nitrogen and oxygen atoms in total. The van der Waals surface area contributed by atoms with Crippen molar-refractivity contribution in [2.75, 3.05) is 0 Å². The second kappa shape index (κ2) is 10.7. The third kappa shape index (κ3) is 4.51. The summed E-state index contributed by atoms with van der Waals surface area (Å²) >= 11 is 3.58. The maximum atomic E-state index is 3.58. The van der Waals surface area contributed by atoms with Gasteiger partial charge < -0.3 is 4.57 Å². The first-order valence-corrected chi connectivity index (χ1v) is 17.0. The molecule has 0 saturated heterocycles. The van der Waals surface area contributed by atoms with Crippen LogP contribution < -0.4 is 0 Å². The van der Waals surface area contributed by atoms with Gasteiger partial charge in [0.1, 0.15) is 0 Å². The second-order valence-electron chi connectivity index (χ2n) is 13.2. The van der Waals surface area contributed by atoms with E-state index in [1.165, 1.54) is 83.1 Å². The molecule has 0 N–H and O–H groups in total. The lowest BCUT2D eigenvalue weighted by Gasteiger charge is -2.21. The number of nitrogens with zero attached hydrogens (tertiary/aromatic N) is 1. The van der Waals surface area contributed by atoms with Gasteiger partial charge in [-0.1, -0.05) is 145 Å². The highest BCUT2D eigenvalue weighted by molar-refractivity contribution is 9.10. The van der Waals surface area contributed by atoms with Gasteiger partial charge in [-0.25, -0.2) is 0 Å². The van der Waals surface area contributed by atoms with Gasteiger partial charge in [-0.15, -0.1) is 0 Å². The molecule has 0 saturated carbocycles. The quantitative estimate of drug-likeness (QED) is 0.176. The maximum Gasteiger partial charge on any atom is 0.0547 e. The summed E-state index contributed by atoms with van der Waals surface area (Å²) in [5, 5.41) is 2.52. The first kappa shape index (κ1) is 28.1. The van der Waals surface area contributed by atoms with E-state index in [0.29, 0.717) is 0 Å². The zero-order chi connectivity index (χ0) is 31.7. The van der Waals surface area contributed by atoms with Crippen LogP contribution in [0.5, 0.6) is 0 Å². The number of aromatic nitrogens is 1. The van der Waals surface area contributed by atoms with Crippen molar-refractivity contribution in [3.63, 3.8) is 0 Å². The van der Waals surface area contributed by atoms with Crippen molar-refractivity contribution in [1.82, 2.24) is 4.57 Å². The Bertz CT molecular complexity index is 2480. The molecule has 0 aliphatic heterocycles. The Morgan fingerprint density at radius 3 is 1.68 bits per heavy atom. The van der Waals surface area contributed by atoms with Gasteiger partial charge in [-0.05, 0) is 98.1 Å². The third-order valence-electron chi connectivity index (χ3n) is 10.1. The molecule has 0 fully saturated rings. The van der Waals surface area contributed by atoms with Crippen molar-refractivity contribution in [2.24, 2.45) is 0 Å². The standard InChI is InChI=1S/C45H32BrN/c1-45(2)41-14-7-6-13-37(41)40-28-36(21-24-42(40)45)47-43-26-33(29-9-4-3-5-10-29)17-22-38(43)39-23-18-34(27-44(39)47)32-12-8-11-31(25-32)30-15-19-35(46)20-16-30/h3-28H,1-2H3. The Morgan fingerprint density at radius 2 is 0.957 bits per heavy atom. The van der Waals surface area contributed by atoms with E-state index in [1.807, 2.05) is 0 Å². The Balaban J connectivity index is 1.28. The monoisotopic (exact) mass is 665 g/mol. The van der Waals surface area contributed by atoms with E-state index in [1.54, 1.807) is 0 Å². The summed E-state index contributed by atoms with van der Waals surface area (Å²) in [4.78, 5) is 0. The van der Waals surface area contributed by atoms with Gasteiger partial charge in [0.15, 0.2) is 0 Å². The molecule has 2 heteroatoms. The van der Waals surface area contributed by atoms with Gasteiger partial charge in [-0.3, -0.25) is 0 Å². The van der Waals surface area contributed by atoms with E-state index in [4.69, 9.17) is 0 Å². The molecule has 1 heterocycles. The van der Waals surface area contributed by atoms with Crippen LogP contribution in [0, 0.1) is 0 Å². The molecular weight excluding hydrogens is 634 g/mol. The average Bonchev–Trinajstić information content (AvgIpc) is 3.56. The topological polar surface area (TPSA) is 4.93 Å². The Morgan fingerprint density at radius 1 is 0.426 bits per heavy atom. The highest BCUT2D eigenvalue weighted by Crippen LogP contribution is 2.49. The summed E-state index contributed by atoms with van der Waals surface area (Å²) in [7, 11) is 0. The molecule has 0 radical (unpaired) electrons. The van der Waals surface area contributed by atoms with Gasteiger partial charge >= 0.3 is 0 Å². The molecule has 7 aromatic carbocycles. The number of fused-ring (bicyclic) bond motifs is 6. The first-order valence-electron chi connectivity index (χ1n) is 16.2. The predicted octanol–water partition coefficient (Wildman–Crippen LogP) is 12.9. The van der Waals surface area contributed by atoms with Gasteiger partial charge in [0.2, 0.25) is 0 Å². The Kier molecular flexibility index (Phi) is 6.38. The van der Waals surface area contributed by atoms with E-state index in [2.05, 4.69) is 192 Å². The summed E-state index contributed by atoms with van der Waals surface area (Å²) in [5.41, 5.74) is 16.3. The maximum absolute atomic E-state index is 3.58. The molecule has 8 aromatic rings. The molecule has 0 unspecified atom stereocenters. The van der Waals surface area contributed by atoms with Crippen molar-refractivity contribution in [3.05, 3.63) is 173 Å². The molecule has 1 aliphatic carbocycles. The van der Waals surface area contributed by atoms with Crippen LogP contribution in [0.15, 0.2) is 162 Å². The Labute approximate surface area is 283 Å². The molecule has 0 bridgehead atoms. The number of hydrogen-bond acceptors (Lipinski definition) is 0. The van der Waals surface area contributed by atoms with E-state index in [0.717, 1.165) is 4.47 Å². The number of halogens is 1. The minimum atomic E-state index is -0.0290. The Hall–Kier alpha value is -5.18. The van der Waals surface area contributed by atoms with E-state index in [9.17, 15) is 0 Å². The van der Waals surface area contributed by atoms with Crippen LogP contribution in [-0.2, 0) is 5.41 Å². The van der Waals surface area contributed by atoms with E-state index < -0.39 is 0 Å². The lowest BCUT2D eigenvalue weighted by atomic mass is 9.82. The van der Waals surface area contributed by atoms with Crippen LogP contribution in [0.25, 0.3) is 72.0 Å². The van der Waals surface area contributed by atoms with Crippen LogP contribution in [0.2, 0.25) is 0 Å². The molecule has 47 heavy (non-hydrogen) atoms. The molecule has 9 rings (SSSR count). The van der Waals surface area contributed by atoms with Crippen molar-refractivity contribution in [3.8, 4) is 50.2 Å². The summed E-state index contributed by atoms with van der Waals surface area (Å²) in [6.07, 6.45) is 0. The molecule has 1 aliphatic rings. The first-order chi connectivity index (χ1) is 23.0. The molecule has 0 spiro atoms. The van der Waals surface area contributed by atoms with Crippen LogP contribution in [0.4, 0.5) is 0 Å². The smallest absolute Gasteiger partial charge is 0.0547 e. The average molecular weight is 667 g/mol. The van der Waals surface area contributed by atoms with Crippen molar-refractivity contribution < 1.29 is 0 Å². The minimum absolute atomic E-state index is 0.0290. The molecular formula is C45H32BrN. The van der Waals surface area contributed by atoms with E-state index in [-0.39, 0.29) is 5.41 Å². The predicted molar refractivity (Wildman–Crippen MR) is 202 cm³/mol. The highest BCUT2D eigenvalue weighted by Gasteiger charge is 2.35. The van der Waals surface area contributed by atoms with Gasteiger partial charge in [-0.2, -0.15) is 0 Å². The second-order valence-corrected chi connectivity index (χ2v) is 14.1. The summed E-state index contributed by atoms with van der Waals surface area (Å²) < 4.78 is 3.57. The fraction of sp³-hybridized carbons (Fsp3) is 0.0667. The molecule has 0 amide bonds. The third-order valence-corrected chi connectivity index (χ3v) is 10.6. The molecule has 224 valence electrons. The molecule has 1 aromatic heterocycles. The van der Waals surface area contributed by atoms with Crippen LogP contribution in [0.1, 0.15) is 25.0 Å². The lowest BCUT2D eigenvalue weighted by Crippen LogP contribution is -2.14. The van der Waals surface area contributed by atoms with Crippen molar-refractivity contribution in [1.29, 1.82) is 0 Å².